The van der Waals surface area contributed by atoms with Crippen LogP contribution in [0.2, 0.25) is 0 Å². The highest BCUT2D eigenvalue weighted by atomic mass is 32.1. The number of carbonyl (C=O) groups excluding carboxylic acids is 2. The number of carbonyl (C=O) groups is 2. The Bertz CT molecular complexity index is 889. The van der Waals surface area contributed by atoms with Crippen molar-refractivity contribution in [2.24, 2.45) is 5.10 Å². The van der Waals surface area contributed by atoms with E-state index in [1.54, 1.807) is 17.6 Å². The Hall–Kier alpha value is -2.67. The maximum atomic E-state index is 13.1. The van der Waals surface area contributed by atoms with Gasteiger partial charge in [-0.2, -0.15) is 5.10 Å². The summed E-state index contributed by atoms with van der Waals surface area (Å²) < 4.78 is 0. The van der Waals surface area contributed by atoms with Gasteiger partial charge in [-0.3, -0.25) is 4.79 Å². The Morgan fingerprint density at radius 1 is 1.11 bits per heavy atom. The Kier molecular flexibility index (Phi) is 5.17. The quantitative estimate of drug-likeness (QED) is 0.615. The maximum absolute atomic E-state index is 13.1. The molecule has 2 aliphatic heterocycles. The van der Waals surface area contributed by atoms with Gasteiger partial charge >= 0.3 is 6.03 Å². The van der Waals surface area contributed by atoms with Crippen LogP contribution in [0.1, 0.15) is 43.0 Å². The van der Waals surface area contributed by atoms with E-state index in [1.165, 1.54) is 24.3 Å². The first kappa shape index (κ1) is 18.7. The molecule has 1 aromatic carbocycles. The van der Waals surface area contributed by atoms with E-state index in [0.29, 0.717) is 6.42 Å². The van der Waals surface area contributed by atoms with Crippen LogP contribution in [0.4, 0.5) is 9.80 Å². The molecule has 3 amide bonds. The van der Waals surface area contributed by atoms with Crippen LogP contribution in [-0.2, 0) is 10.3 Å². The van der Waals surface area contributed by atoms with Crippen molar-refractivity contribution in [3.05, 3.63) is 52.9 Å². The summed E-state index contributed by atoms with van der Waals surface area (Å²) in [5, 5.41) is 9.24. The fourth-order valence-corrected chi connectivity index (χ4v) is 4.76. The van der Waals surface area contributed by atoms with E-state index < -0.39 is 11.6 Å². The van der Waals surface area contributed by atoms with Crippen molar-refractivity contribution in [2.45, 2.75) is 38.1 Å². The minimum Gasteiger partial charge on any atom is -0.363 e. The summed E-state index contributed by atoms with van der Waals surface area (Å²) in [5.74, 6) is -0.338. The minimum atomic E-state index is -1.05. The molecule has 0 radical (unpaired) electrons. The fourth-order valence-electron chi connectivity index (χ4n) is 3.84. The van der Waals surface area contributed by atoms with Crippen LogP contribution in [0.15, 0.2) is 47.6 Å². The van der Waals surface area contributed by atoms with Gasteiger partial charge in [0, 0.05) is 18.0 Å². The third kappa shape index (κ3) is 3.30. The van der Waals surface area contributed by atoms with Crippen molar-refractivity contribution >= 4 is 34.5 Å². The molecule has 28 heavy (non-hydrogen) atoms. The number of benzene rings is 1. The second-order valence-electron chi connectivity index (χ2n) is 7.14. The van der Waals surface area contributed by atoms with Crippen LogP contribution in [0.5, 0.6) is 0 Å². The number of hydrogen-bond acceptors (Lipinski definition) is 5. The lowest BCUT2D eigenvalue weighted by molar-refractivity contribution is -0.131. The second-order valence-corrected chi connectivity index (χ2v) is 8.23. The second kappa shape index (κ2) is 7.75. The lowest BCUT2D eigenvalue weighted by Gasteiger charge is -2.27. The number of anilines is 1. The first-order valence-corrected chi connectivity index (χ1v) is 10.6. The first-order valence-electron chi connectivity index (χ1n) is 9.75. The van der Waals surface area contributed by atoms with Crippen LogP contribution in [0, 0.1) is 0 Å². The lowest BCUT2D eigenvalue weighted by Crippen LogP contribution is -2.43. The van der Waals surface area contributed by atoms with Gasteiger partial charge in [0.2, 0.25) is 0 Å². The standard InChI is InChI=1S/C21H24N4O2S/c1-2-21(16-9-5-3-6-10-16)19(26)25(20(27)23-21)22-15-17-11-12-18(28-17)24-13-7-4-8-14-24/h3,5-6,9-12,15H,2,4,7-8,13-14H2,1H3,(H,23,27)/b22-15-/t21-/m1/s1. The van der Waals surface area contributed by atoms with Gasteiger partial charge in [-0.25, -0.2) is 4.79 Å². The molecule has 0 unspecified atom stereocenters. The normalized spacial score (nSPS) is 22.9. The van der Waals surface area contributed by atoms with Crippen molar-refractivity contribution in [1.29, 1.82) is 0 Å². The molecule has 2 aromatic rings. The summed E-state index contributed by atoms with van der Waals surface area (Å²) in [6.45, 7) is 4.06. The van der Waals surface area contributed by atoms with Gasteiger partial charge in [0.05, 0.1) is 11.2 Å². The molecule has 0 saturated carbocycles. The molecule has 0 bridgehead atoms. The summed E-state index contributed by atoms with van der Waals surface area (Å²) in [7, 11) is 0. The van der Waals surface area contributed by atoms with Gasteiger partial charge in [0.1, 0.15) is 5.54 Å². The molecule has 6 nitrogen and oxygen atoms in total. The highest BCUT2D eigenvalue weighted by molar-refractivity contribution is 7.17. The molecular weight excluding hydrogens is 372 g/mol. The van der Waals surface area contributed by atoms with Crippen LogP contribution >= 0.6 is 11.3 Å². The average molecular weight is 397 g/mol. The molecule has 0 spiro atoms. The number of nitrogens with zero attached hydrogens (tertiary/aromatic N) is 3. The first-order chi connectivity index (χ1) is 13.6. The summed E-state index contributed by atoms with van der Waals surface area (Å²) in [4.78, 5) is 28.9. The zero-order valence-electron chi connectivity index (χ0n) is 15.9. The highest BCUT2D eigenvalue weighted by Gasteiger charge is 2.51. The number of rotatable bonds is 5. The van der Waals surface area contributed by atoms with E-state index >= 15 is 0 Å². The lowest BCUT2D eigenvalue weighted by atomic mass is 9.87. The molecule has 2 saturated heterocycles. The van der Waals surface area contributed by atoms with E-state index in [0.717, 1.165) is 28.5 Å². The Labute approximate surface area is 168 Å². The number of imide groups is 1. The van der Waals surface area contributed by atoms with Crippen LogP contribution in [-0.4, -0.2) is 36.3 Å². The van der Waals surface area contributed by atoms with E-state index in [1.807, 2.05) is 43.3 Å². The molecular formula is C21H24N4O2S. The van der Waals surface area contributed by atoms with Gasteiger partial charge in [-0.1, -0.05) is 37.3 Å². The third-order valence-corrected chi connectivity index (χ3v) is 6.53. The van der Waals surface area contributed by atoms with Crippen molar-refractivity contribution in [2.75, 3.05) is 18.0 Å². The van der Waals surface area contributed by atoms with E-state index in [9.17, 15) is 9.59 Å². The number of urea groups is 1. The van der Waals surface area contributed by atoms with E-state index in [2.05, 4.69) is 21.4 Å². The van der Waals surface area contributed by atoms with Crippen molar-refractivity contribution < 1.29 is 9.59 Å². The predicted molar refractivity (Wildman–Crippen MR) is 112 cm³/mol. The van der Waals surface area contributed by atoms with Crippen LogP contribution < -0.4 is 10.2 Å². The van der Waals surface area contributed by atoms with Crippen molar-refractivity contribution in [3.8, 4) is 0 Å². The largest absolute Gasteiger partial charge is 0.363 e. The summed E-state index contributed by atoms with van der Waals surface area (Å²) in [6.07, 6.45) is 5.81. The molecule has 146 valence electrons. The molecule has 4 rings (SSSR count). The monoisotopic (exact) mass is 396 g/mol. The molecule has 3 heterocycles. The predicted octanol–water partition coefficient (Wildman–Crippen LogP) is 3.93. The number of amides is 3. The fraction of sp³-hybridized carbons (Fsp3) is 0.381. The van der Waals surface area contributed by atoms with Gasteiger partial charge in [0.15, 0.2) is 0 Å². The van der Waals surface area contributed by atoms with Crippen molar-refractivity contribution in [1.82, 2.24) is 10.3 Å². The highest BCUT2D eigenvalue weighted by Crippen LogP contribution is 2.33. The summed E-state index contributed by atoms with van der Waals surface area (Å²) in [5.41, 5.74) is -0.276. The molecule has 7 heteroatoms. The van der Waals surface area contributed by atoms with E-state index in [-0.39, 0.29) is 5.91 Å². The topological polar surface area (TPSA) is 65.0 Å². The number of hydrogen-bond donors (Lipinski definition) is 1. The molecule has 1 aromatic heterocycles. The van der Waals surface area contributed by atoms with Gasteiger partial charge in [0.25, 0.3) is 5.91 Å². The summed E-state index contributed by atoms with van der Waals surface area (Å²) >= 11 is 1.63. The smallest absolute Gasteiger partial charge is 0.346 e. The average Bonchev–Trinajstić information content (AvgIpc) is 3.31. The molecule has 2 fully saturated rings. The number of nitrogens with one attached hydrogen (secondary N) is 1. The van der Waals surface area contributed by atoms with Gasteiger partial charge in [-0.05, 0) is 43.4 Å². The molecule has 1 N–H and O–H groups in total. The van der Waals surface area contributed by atoms with Crippen molar-refractivity contribution in [3.63, 3.8) is 0 Å². The number of hydrazone groups is 1. The van der Waals surface area contributed by atoms with Crippen LogP contribution in [0.25, 0.3) is 0 Å². The number of piperidine rings is 1. The van der Waals surface area contributed by atoms with Gasteiger partial charge in [-0.15, -0.1) is 16.3 Å². The summed E-state index contributed by atoms with van der Waals surface area (Å²) in [6, 6.07) is 12.9. The maximum Gasteiger partial charge on any atom is 0.346 e. The Morgan fingerprint density at radius 2 is 1.86 bits per heavy atom. The van der Waals surface area contributed by atoms with Gasteiger partial charge < -0.3 is 10.2 Å². The SMILES string of the molecule is CC[C@]1(c2ccccc2)NC(=O)N(/N=C\c2ccc(N3CCCCC3)s2)C1=O. The molecule has 2 aliphatic rings. The minimum absolute atomic E-state index is 0.338. The van der Waals surface area contributed by atoms with E-state index in [4.69, 9.17) is 0 Å². The molecule has 0 aliphatic carbocycles. The zero-order chi connectivity index (χ0) is 19.6. The molecule has 1 atom stereocenters. The Morgan fingerprint density at radius 3 is 2.57 bits per heavy atom. The third-order valence-electron chi connectivity index (χ3n) is 5.45. The Balaban J connectivity index is 1.53. The van der Waals surface area contributed by atoms with Crippen LogP contribution in [0.3, 0.4) is 0 Å². The number of thiophene rings is 1. The zero-order valence-corrected chi connectivity index (χ0v) is 16.7.